The van der Waals surface area contributed by atoms with Crippen LogP contribution in [-0.2, 0) is 11.2 Å². The van der Waals surface area contributed by atoms with E-state index < -0.39 is 18.2 Å². The molecule has 128 valence electrons. The largest absolute Gasteiger partial charge is 0.389 e. The Hall–Kier alpha value is -1.90. The van der Waals surface area contributed by atoms with E-state index in [9.17, 15) is 18.0 Å². The predicted octanol–water partition coefficient (Wildman–Crippen LogP) is 2.24. The van der Waals surface area contributed by atoms with E-state index in [2.05, 4.69) is 15.3 Å². The quantitative estimate of drug-likeness (QED) is 0.697. The lowest BCUT2D eigenvalue weighted by Gasteiger charge is -2.24. The molecule has 1 aromatic rings. The van der Waals surface area contributed by atoms with Crippen LogP contribution in [0, 0.1) is 5.41 Å². The first-order valence-corrected chi connectivity index (χ1v) is 7.44. The number of aryl methyl sites for hydroxylation is 1. The predicted molar refractivity (Wildman–Crippen MR) is 79.2 cm³/mol. The molecule has 0 atom stereocenters. The summed E-state index contributed by atoms with van der Waals surface area (Å²) < 4.78 is 41.8. The molecule has 0 spiro atoms. The number of aromatic nitrogens is 2. The molecule has 1 aliphatic heterocycles. The van der Waals surface area contributed by atoms with Crippen molar-refractivity contribution in [3.8, 4) is 0 Å². The van der Waals surface area contributed by atoms with Gasteiger partial charge in [-0.25, -0.2) is 4.98 Å². The third kappa shape index (κ3) is 5.34. The molecule has 0 aromatic carbocycles. The van der Waals surface area contributed by atoms with Gasteiger partial charge in [0.05, 0.1) is 5.56 Å². The lowest BCUT2D eigenvalue weighted by atomic mass is 10.1. The third-order valence-corrected chi connectivity index (χ3v) is 3.58. The van der Waals surface area contributed by atoms with Crippen molar-refractivity contribution in [1.29, 1.82) is 5.41 Å². The van der Waals surface area contributed by atoms with Crippen molar-refractivity contribution in [2.45, 2.75) is 44.3 Å². The van der Waals surface area contributed by atoms with Gasteiger partial charge in [0, 0.05) is 38.3 Å². The summed E-state index contributed by atoms with van der Waals surface area (Å²) in [5, 5.41) is 10.4. The van der Waals surface area contributed by atoms with Gasteiger partial charge in [0.2, 0.25) is 0 Å². The molecule has 0 amide bonds. The number of nitrogens with zero attached hydrogens (tertiary/aromatic N) is 1. The highest BCUT2D eigenvalue weighted by Crippen LogP contribution is 2.22. The fraction of sp³-hybridized carbons (Fsp3) is 0.643. The molecule has 3 N–H and O–H groups in total. The second-order valence-electron chi connectivity index (χ2n) is 5.42. The summed E-state index contributed by atoms with van der Waals surface area (Å²) in [7, 11) is 0. The van der Waals surface area contributed by atoms with E-state index in [1.165, 1.54) is 0 Å². The Morgan fingerprint density at radius 1 is 1.39 bits per heavy atom. The van der Waals surface area contributed by atoms with Crippen molar-refractivity contribution in [1.82, 2.24) is 9.97 Å². The lowest BCUT2D eigenvalue weighted by molar-refractivity contribution is -0.135. The SMILES string of the molecule is N=Cc1c(NC2CCOCC2)nc(CCCC(F)(F)F)[nH]c1=O. The number of H-pyrrole nitrogens is 1. The molecular formula is C14H19F3N4O2. The maximum absolute atomic E-state index is 12.2. The monoisotopic (exact) mass is 332 g/mol. The van der Waals surface area contributed by atoms with Gasteiger partial charge in [-0.2, -0.15) is 13.2 Å². The molecule has 0 saturated carbocycles. The number of rotatable bonds is 6. The van der Waals surface area contributed by atoms with Crippen LogP contribution in [0.5, 0.6) is 0 Å². The number of hydrogen-bond donors (Lipinski definition) is 3. The minimum Gasteiger partial charge on any atom is -0.381 e. The molecule has 1 aliphatic rings. The smallest absolute Gasteiger partial charge is 0.381 e. The van der Waals surface area contributed by atoms with Crippen LogP contribution in [0.4, 0.5) is 19.0 Å². The molecule has 1 fully saturated rings. The molecule has 2 heterocycles. The molecule has 23 heavy (non-hydrogen) atoms. The van der Waals surface area contributed by atoms with Gasteiger partial charge < -0.3 is 20.4 Å². The second kappa shape index (κ2) is 7.58. The molecule has 1 saturated heterocycles. The van der Waals surface area contributed by atoms with Crippen molar-refractivity contribution in [2.75, 3.05) is 18.5 Å². The van der Waals surface area contributed by atoms with Gasteiger partial charge in [-0.05, 0) is 19.3 Å². The fourth-order valence-corrected chi connectivity index (χ4v) is 2.38. The summed E-state index contributed by atoms with van der Waals surface area (Å²) in [6.45, 7) is 1.19. The number of anilines is 1. The molecule has 0 unspecified atom stereocenters. The van der Waals surface area contributed by atoms with Crippen LogP contribution in [0.25, 0.3) is 0 Å². The van der Waals surface area contributed by atoms with Crippen LogP contribution in [0.1, 0.15) is 37.1 Å². The molecule has 2 rings (SSSR count). The Bertz CT molecular complexity index is 595. The summed E-state index contributed by atoms with van der Waals surface area (Å²) >= 11 is 0. The van der Waals surface area contributed by atoms with E-state index in [4.69, 9.17) is 10.1 Å². The summed E-state index contributed by atoms with van der Waals surface area (Å²) in [6.07, 6.45) is -2.88. The Morgan fingerprint density at radius 2 is 2.09 bits per heavy atom. The first-order valence-electron chi connectivity index (χ1n) is 7.44. The zero-order chi connectivity index (χ0) is 16.9. The average molecular weight is 332 g/mol. The standard InChI is InChI=1S/C14H19F3N4O2/c15-14(16,17)5-1-2-11-20-12(10(8-18)13(22)21-11)19-9-3-6-23-7-4-9/h8-9,18H,1-7H2,(H2,19,20,21,22). The summed E-state index contributed by atoms with van der Waals surface area (Å²) in [5.74, 6) is 0.442. The number of halogens is 3. The number of hydrogen-bond acceptors (Lipinski definition) is 5. The van der Waals surface area contributed by atoms with Crippen molar-refractivity contribution in [3.63, 3.8) is 0 Å². The maximum Gasteiger partial charge on any atom is 0.389 e. The Balaban J connectivity index is 2.11. The van der Waals surface area contributed by atoms with Crippen LogP contribution in [0.15, 0.2) is 4.79 Å². The number of nitrogens with one attached hydrogen (secondary N) is 3. The molecular weight excluding hydrogens is 313 g/mol. The number of aromatic amines is 1. The highest BCUT2D eigenvalue weighted by molar-refractivity contribution is 5.83. The van der Waals surface area contributed by atoms with Gasteiger partial charge in [0.1, 0.15) is 11.6 Å². The highest BCUT2D eigenvalue weighted by atomic mass is 19.4. The Kier molecular flexibility index (Phi) is 5.75. The third-order valence-electron chi connectivity index (χ3n) is 3.58. The normalized spacial score (nSPS) is 16.3. The molecule has 1 aromatic heterocycles. The van der Waals surface area contributed by atoms with E-state index in [1.54, 1.807) is 0 Å². The van der Waals surface area contributed by atoms with E-state index in [0.717, 1.165) is 19.1 Å². The first-order chi connectivity index (χ1) is 10.9. The van der Waals surface area contributed by atoms with Gasteiger partial charge in [0.25, 0.3) is 5.56 Å². The van der Waals surface area contributed by atoms with Crippen LogP contribution >= 0.6 is 0 Å². The van der Waals surface area contributed by atoms with Crippen molar-refractivity contribution in [2.24, 2.45) is 0 Å². The van der Waals surface area contributed by atoms with Crippen LogP contribution in [0.2, 0.25) is 0 Å². The van der Waals surface area contributed by atoms with Crippen LogP contribution in [0.3, 0.4) is 0 Å². The summed E-state index contributed by atoms with van der Waals surface area (Å²) in [4.78, 5) is 18.6. The number of ether oxygens (including phenoxy) is 1. The minimum atomic E-state index is -4.22. The summed E-state index contributed by atoms with van der Waals surface area (Å²) in [6, 6.07) is 0.0692. The zero-order valence-electron chi connectivity index (χ0n) is 12.5. The molecule has 9 heteroatoms. The van der Waals surface area contributed by atoms with Gasteiger partial charge in [-0.15, -0.1) is 0 Å². The van der Waals surface area contributed by atoms with E-state index in [0.29, 0.717) is 13.2 Å². The first kappa shape index (κ1) is 17.5. The highest BCUT2D eigenvalue weighted by Gasteiger charge is 2.26. The molecule has 0 radical (unpaired) electrons. The Morgan fingerprint density at radius 3 is 2.70 bits per heavy atom. The molecule has 0 aliphatic carbocycles. The average Bonchev–Trinajstić information content (AvgIpc) is 2.47. The zero-order valence-corrected chi connectivity index (χ0v) is 12.5. The van der Waals surface area contributed by atoms with E-state index in [1.807, 2.05) is 0 Å². The van der Waals surface area contributed by atoms with Gasteiger partial charge in [-0.1, -0.05) is 0 Å². The Labute approximate surface area is 131 Å². The lowest BCUT2D eigenvalue weighted by Crippen LogP contribution is -2.30. The van der Waals surface area contributed by atoms with Gasteiger partial charge in [0.15, 0.2) is 0 Å². The minimum absolute atomic E-state index is 0.0233. The maximum atomic E-state index is 12.2. The van der Waals surface area contributed by atoms with Gasteiger partial charge in [-0.3, -0.25) is 4.79 Å². The van der Waals surface area contributed by atoms with Crippen LogP contribution < -0.4 is 10.9 Å². The van der Waals surface area contributed by atoms with E-state index in [-0.39, 0.29) is 36.1 Å². The molecule has 0 bridgehead atoms. The topological polar surface area (TPSA) is 90.9 Å². The van der Waals surface area contributed by atoms with Crippen LogP contribution in [-0.4, -0.2) is 41.6 Å². The number of alkyl halides is 3. The second-order valence-corrected chi connectivity index (χ2v) is 5.42. The summed E-state index contributed by atoms with van der Waals surface area (Å²) in [5.41, 5.74) is -0.442. The fourth-order valence-electron chi connectivity index (χ4n) is 2.38. The van der Waals surface area contributed by atoms with Crippen molar-refractivity contribution >= 4 is 12.0 Å². The molecule has 6 nitrogen and oxygen atoms in total. The van der Waals surface area contributed by atoms with Crippen molar-refractivity contribution in [3.05, 3.63) is 21.7 Å². The van der Waals surface area contributed by atoms with Gasteiger partial charge >= 0.3 is 6.18 Å². The van der Waals surface area contributed by atoms with Crippen molar-refractivity contribution < 1.29 is 17.9 Å². The van der Waals surface area contributed by atoms with E-state index >= 15 is 0 Å².